The Hall–Kier alpha value is -2.74. The molecule has 0 saturated heterocycles. The zero-order valence-electron chi connectivity index (χ0n) is 8.78. The van der Waals surface area contributed by atoms with E-state index in [9.17, 15) is 0 Å². The summed E-state index contributed by atoms with van der Waals surface area (Å²) in [4.78, 5) is 8.51. The van der Waals surface area contributed by atoms with Crippen LogP contribution in [0.1, 0.15) is 5.69 Å². The van der Waals surface area contributed by atoms with Gasteiger partial charge in [0, 0.05) is 6.20 Å². The average Bonchev–Trinajstić information content (AvgIpc) is 2.83. The van der Waals surface area contributed by atoms with E-state index in [0.29, 0.717) is 22.9 Å². The molecule has 0 bridgehead atoms. The molecule has 17 heavy (non-hydrogen) atoms. The summed E-state index contributed by atoms with van der Waals surface area (Å²) in [6, 6.07) is 12.9. The van der Waals surface area contributed by atoms with E-state index >= 15 is 0 Å². The molecule has 0 aliphatic carbocycles. The molecule has 0 saturated carbocycles. The van der Waals surface area contributed by atoms with Gasteiger partial charge < -0.3 is 0 Å². The minimum absolute atomic E-state index is 0.456. The molecule has 3 rings (SSSR count). The lowest BCUT2D eigenvalue weighted by atomic mass is 10.3. The van der Waals surface area contributed by atoms with Crippen molar-refractivity contribution < 1.29 is 0 Å². The third-order valence-electron chi connectivity index (χ3n) is 2.37. The van der Waals surface area contributed by atoms with Crippen LogP contribution in [0.3, 0.4) is 0 Å². The van der Waals surface area contributed by atoms with Gasteiger partial charge in [-0.05, 0) is 24.3 Å². The maximum Gasteiger partial charge on any atom is 0.200 e. The van der Waals surface area contributed by atoms with Crippen molar-refractivity contribution in [1.82, 2.24) is 19.6 Å². The maximum absolute atomic E-state index is 8.96. The summed E-state index contributed by atoms with van der Waals surface area (Å²) < 4.78 is 1.52. The summed E-state index contributed by atoms with van der Waals surface area (Å²) in [5.41, 5.74) is 1.79. The fourth-order valence-corrected chi connectivity index (χ4v) is 1.59. The van der Waals surface area contributed by atoms with Gasteiger partial charge in [0.25, 0.3) is 0 Å². The van der Waals surface area contributed by atoms with Crippen LogP contribution in [0.4, 0.5) is 0 Å². The first-order valence-corrected chi connectivity index (χ1v) is 5.06. The van der Waals surface area contributed by atoms with Gasteiger partial charge in [-0.2, -0.15) is 5.26 Å². The van der Waals surface area contributed by atoms with Crippen molar-refractivity contribution in [3.05, 3.63) is 48.3 Å². The summed E-state index contributed by atoms with van der Waals surface area (Å²) in [6.45, 7) is 0. The summed E-state index contributed by atoms with van der Waals surface area (Å²) in [5.74, 6) is 0.522. The van der Waals surface area contributed by atoms with Crippen LogP contribution in [0.5, 0.6) is 0 Å². The van der Waals surface area contributed by atoms with Crippen molar-refractivity contribution in [2.75, 3.05) is 0 Å². The van der Waals surface area contributed by atoms with Gasteiger partial charge in [0.05, 0.1) is 0 Å². The first kappa shape index (κ1) is 9.48. The number of pyridine rings is 2. The van der Waals surface area contributed by atoms with Gasteiger partial charge in [0.2, 0.25) is 5.82 Å². The summed E-state index contributed by atoms with van der Waals surface area (Å²) in [6.07, 6.45) is 1.69. The fourth-order valence-electron chi connectivity index (χ4n) is 1.59. The number of aromatic nitrogens is 4. The second-order valence-electron chi connectivity index (χ2n) is 3.44. The molecule has 0 fully saturated rings. The third-order valence-corrected chi connectivity index (χ3v) is 2.37. The zero-order chi connectivity index (χ0) is 11.7. The van der Waals surface area contributed by atoms with Crippen LogP contribution in [0.25, 0.3) is 17.2 Å². The van der Waals surface area contributed by atoms with Crippen molar-refractivity contribution in [2.24, 2.45) is 0 Å². The topological polar surface area (TPSA) is 66.9 Å². The maximum atomic E-state index is 8.96. The van der Waals surface area contributed by atoms with Gasteiger partial charge in [-0.3, -0.25) is 4.98 Å². The van der Waals surface area contributed by atoms with Crippen molar-refractivity contribution >= 4 is 5.65 Å². The summed E-state index contributed by atoms with van der Waals surface area (Å²) >= 11 is 0. The Morgan fingerprint density at radius 1 is 1.12 bits per heavy atom. The van der Waals surface area contributed by atoms with E-state index in [1.165, 1.54) is 4.52 Å². The van der Waals surface area contributed by atoms with Crippen LogP contribution in [0.15, 0.2) is 42.6 Å². The van der Waals surface area contributed by atoms with Crippen LogP contribution in [0.2, 0.25) is 0 Å². The zero-order valence-corrected chi connectivity index (χ0v) is 8.78. The summed E-state index contributed by atoms with van der Waals surface area (Å²) in [7, 11) is 0. The monoisotopic (exact) mass is 221 g/mol. The molecule has 0 aromatic carbocycles. The SMILES string of the molecule is N#Cc1cccc2nc(-c3ccccn3)nn12. The Morgan fingerprint density at radius 2 is 2.06 bits per heavy atom. The molecule has 0 atom stereocenters. The highest BCUT2D eigenvalue weighted by Gasteiger charge is 2.08. The Morgan fingerprint density at radius 3 is 2.82 bits per heavy atom. The average molecular weight is 221 g/mol. The van der Waals surface area contributed by atoms with Crippen LogP contribution in [-0.2, 0) is 0 Å². The highest BCUT2D eigenvalue weighted by Crippen LogP contribution is 2.13. The smallest absolute Gasteiger partial charge is 0.200 e. The number of hydrogen-bond acceptors (Lipinski definition) is 4. The molecule has 3 aromatic heterocycles. The molecule has 3 heterocycles. The van der Waals surface area contributed by atoms with E-state index in [1.54, 1.807) is 24.4 Å². The molecule has 5 heteroatoms. The second-order valence-corrected chi connectivity index (χ2v) is 3.44. The first-order chi connectivity index (χ1) is 8.38. The van der Waals surface area contributed by atoms with Gasteiger partial charge >= 0.3 is 0 Å². The van der Waals surface area contributed by atoms with E-state index in [4.69, 9.17) is 5.26 Å². The van der Waals surface area contributed by atoms with Crippen molar-refractivity contribution in [3.63, 3.8) is 0 Å². The molecule has 3 aromatic rings. The highest BCUT2D eigenvalue weighted by molar-refractivity contribution is 5.54. The molecule has 0 N–H and O–H groups in total. The van der Waals surface area contributed by atoms with Gasteiger partial charge in [-0.15, -0.1) is 5.10 Å². The van der Waals surface area contributed by atoms with Gasteiger partial charge in [0.1, 0.15) is 17.5 Å². The second kappa shape index (κ2) is 3.68. The van der Waals surface area contributed by atoms with Crippen molar-refractivity contribution in [1.29, 1.82) is 5.26 Å². The molecule has 5 nitrogen and oxygen atoms in total. The molecule has 0 amide bonds. The van der Waals surface area contributed by atoms with E-state index in [0.717, 1.165) is 0 Å². The van der Waals surface area contributed by atoms with E-state index in [-0.39, 0.29) is 0 Å². The largest absolute Gasteiger partial charge is 0.253 e. The Balaban J connectivity index is 2.25. The lowest BCUT2D eigenvalue weighted by molar-refractivity contribution is 0.942. The van der Waals surface area contributed by atoms with E-state index < -0.39 is 0 Å². The molecular weight excluding hydrogens is 214 g/mol. The number of rotatable bonds is 1. The minimum Gasteiger partial charge on any atom is -0.253 e. The number of fused-ring (bicyclic) bond motifs is 1. The van der Waals surface area contributed by atoms with Crippen molar-refractivity contribution in [2.45, 2.75) is 0 Å². The van der Waals surface area contributed by atoms with Crippen LogP contribution in [-0.4, -0.2) is 19.6 Å². The Bertz CT molecular complexity index is 709. The predicted molar refractivity (Wildman–Crippen MR) is 60.9 cm³/mol. The number of hydrogen-bond donors (Lipinski definition) is 0. The Labute approximate surface area is 97.0 Å². The van der Waals surface area contributed by atoms with E-state index in [1.807, 2.05) is 18.2 Å². The third kappa shape index (κ3) is 1.52. The highest BCUT2D eigenvalue weighted by atomic mass is 15.3. The molecule has 0 unspecified atom stereocenters. The quantitative estimate of drug-likeness (QED) is 0.626. The van der Waals surface area contributed by atoms with Gasteiger partial charge in [-0.25, -0.2) is 9.50 Å². The van der Waals surface area contributed by atoms with Crippen molar-refractivity contribution in [3.8, 4) is 17.6 Å². The fraction of sp³-hybridized carbons (Fsp3) is 0. The summed E-state index contributed by atoms with van der Waals surface area (Å²) in [5, 5.41) is 13.2. The normalized spacial score (nSPS) is 10.3. The molecule has 0 aliphatic heterocycles. The number of nitriles is 1. The van der Waals surface area contributed by atoms with E-state index in [2.05, 4.69) is 21.1 Å². The predicted octanol–water partition coefficient (Wildman–Crippen LogP) is 1.66. The molecule has 0 spiro atoms. The van der Waals surface area contributed by atoms with Crippen LogP contribution in [0, 0.1) is 11.3 Å². The Kier molecular flexibility index (Phi) is 2.06. The van der Waals surface area contributed by atoms with Gasteiger partial charge in [0.15, 0.2) is 5.65 Å². The van der Waals surface area contributed by atoms with Gasteiger partial charge in [-0.1, -0.05) is 12.1 Å². The minimum atomic E-state index is 0.456. The molecule has 80 valence electrons. The molecule has 0 aliphatic rings. The van der Waals surface area contributed by atoms with Crippen LogP contribution >= 0.6 is 0 Å². The first-order valence-electron chi connectivity index (χ1n) is 5.06. The lowest BCUT2D eigenvalue weighted by Gasteiger charge is -1.92. The standard InChI is InChI=1S/C12H7N5/c13-8-9-4-3-6-11-15-12(16-17(9)11)10-5-1-2-7-14-10/h1-7H. The molecule has 0 radical (unpaired) electrons. The lowest BCUT2D eigenvalue weighted by Crippen LogP contribution is -1.93. The molecular formula is C12H7N5. The number of nitrogens with zero attached hydrogens (tertiary/aromatic N) is 5. The van der Waals surface area contributed by atoms with Crippen LogP contribution < -0.4 is 0 Å².